The molecule has 3 rings (SSSR count). The van der Waals surface area contributed by atoms with Gasteiger partial charge in [0.2, 0.25) is 0 Å². The molecule has 0 spiro atoms. The molecule has 0 bridgehead atoms. The lowest BCUT2D eigenvalue weighted by Gasteiger charge is -2.27. The molecule has 0 radical (unpaired) electrons. The molecule has 0 saturated carbocycles. The summed E-state index contributed by atoms with van der Waals surface area (Å²) in [5.41, 5.74) is 10.2. The molecule has 0 heterocycles. The first-order chi connectivity index (χ1) is 10.9. The van der Waals surface area contributed by atoms with E-state index in [4.69, 9.17) is 5.73 Å². The van der Waals surface area contributed by atoms with Gasteiger partial charge in [-0.15, -0.1) is 0 Å². The van der Waals surface area contributed by atoms with Crippen molar-refractivity contribution in [1.29, 1.82) is 0 Å². The average molecular weight is 286 g/mol. The maximum atomic E-state index is 5.98. The number of rotatable bonds is 4. The molecule has 0 atom stereocenters. The normalized spacial score (nSPS) is 11.2. The summed E-state index contributed by atoms with van der Waals surface area (Å²) >= 11 is 0. The second-order valence-corrected chi connectivity index (χ2v) is 4.92. The van der Waals surface area contributed by atoms with Gasteiger partial charge >= 0.3 is 0 Å². The van der Waals surface area contributed by atoms with Crippen molar-refractivity contribution in [3.05, 3.63) is 103 Å². The maximum Gasteiger partial charge on any atom is 0.0688 e. The molecular formula is C20H18N2. The van der Waals surface area contributed by atoms with E-state index in [2.05, 4.69) is 41.3 Å². The fraction of sp³-hybridized carbons (Fsp3) is 0. The number of nitrogens with zero attached hydrogens (tertiary/aromatic N) is 1. The van der Waals surface area contributed by atoms with Crippen LogP contribution in [0.4, 0.5) is 11.4 Å². The van der Waals surface area contributed by atoms with Crippen LogP contribution in [0.2, 0.25) is 0 Å². The summed E-state index contributed by atoms with van der Waals surface area (Å²) in [4.78, 5) is 2.16. The van der Waals surface area contributed by atoms with E-state index >= 15 is 0 Å². The minimum Gasteiger partial charge on any atom is -0.403 e. The summed E-state index contributed by atoms with van der Waals surface area (Å²) in [5.74, 6) is 0. The van der Waals surface area contributed by atoms with E-state index in [0.29, 0.717) is 0 Å². The Labute approximate surface area is 131 Å². The number of para-hydroxylation sites is 2. The lowest BCUT2D eigenvalue weighted by molar-refractivity contribution is 1.28. The highest BCUT2D eigenvalue weighted by atomic mass is 15.2. The highest BCUT2D eigenvalue weighted by Gasteiger charge is 2.15. The second kappa shape index (κ2) is 6.64. The molecule has 0 amide bonds. The Morgan fingerprint density at radius 1 is 0.636 bits per heavy atom. The van der Waals surface area contributed by atoms with Gasteiger partial charge in [0, 0.05) is 17.6 Å². The Kier molecular flexibility index (Phi) is 4.21. The average Bonchev–Trinajstić information content (AvgIpc) is 2.62. The largest absolute Gasteiger partial charge is 0.403 e. The summed E-state index contributed by atoms with van der Waals surface area (Å²) in [5, 5.41) is 0. The third-order valence-electron chi connectivity index (χ3n) is 3.50. The van der Waals surface area contributed by atoms with Crippen LogP contribution in [0.3, 0.4) is 0 Å². The van der Waals surface area contributed by atoms with Gasteiger partial charge in [-0.2, -0.15) is 0 Å². The van der Waals surface area contributed by atoms with Crippen LogP contribution >= 0.6 is 0 Å². The van der Waals surface area contributed by atoms with Gasteiger partial charge in [0.1, 0.15) is 0 Å². The molecule has 108 valence electrons. The lowest BCUT2D eigenvalue weighted by Crippen LogP contribution is -2.16. The lowest BCUT2D eigenvalue weighted by atomic mass is 10.1. The van der Waals surface area contributed by atoms with Gasteiger partial charge in [-0.1, -0.05) is 66.7 Å². The van der Waals surface area contributed by atoms with Gasteiger partial charge in [0.15, 0.2) is 0 Å². The summed E-state index contributed by atoms with van der Waals surface area (Å²) in [6.45, 7) is 0. The molecule has 0 aliphatic heterocycles. The van der Waals surface area contributed by atoms with Crippen molar-refractivity contribution in [2.24, 2.45) is 5.73 Å². The van der Waals surface area contributed by atoms with Gasteiger partial charge < -0.3 is 10.6 Å². The number of benzene rings is 3. The van der Waals surface area contributed by atoms with Crippen LogP contribution < -0.4 is 10.6 Å². The van der Waals surface area contributed by atoms with Crippen LogP contribution in [0.15, 0.2) is 97.2 Å². The topological polar surface area (TPSA) is 29.3 Å². The monoisotopic (exact) mass is 286 g/mol. The van der Waals surface area contributed by atoms with Crippen molar-refractivity contribution in [2.45, 2.75) is 0 Å². The predicted molar refractivity (Wildman–Crippen MR) is 93.6 cm³/mol. The van der Waals surface area contributed by atoms with Crippen molar-refractivity contribution in [3.8, 4) is 0 Å². The fourth-order valence-electron chi connectivity index (χ4n) is 2.49. The molecule has 0 unspecified atom stereocenters. The van der Waals surface area contributed by atoms with Crippen molar-refractivity contribution in [3.63, 3.8) is 0 Å². The number of nitrogens with two attached hydrogens (primary N) is 1. The fourth-order valence-corrected chi connectivity index (χ4v) is 2.49. The molecule has 3 aromatic carbocycles. The summed E-state index contributed by atoms with van der Waals surface area (Å²) in [6, 6.07) is 30.7. The summed E-state index contributed by atoms with van der Waals surface area (Å²) < 4.78 is 0. The molecule has 0 fully saturated rings. The standard InChI is InChI=1S/C20H18N2/c21-16-20(17-10-4-1-5-11-17)22(18-12-6-2-7-13-18)19-14-8-3-9-15-19/h1-16H,21H2. The zero-order valence-corrected chi connectivity index (χ0v) is 12.3. The van der Waals surface area contributed by atoms with Crippen LogP contribution in [0.25, 0.3) is 5.70 Å². The zero-order valence-electron chi connectivity index (χ0n) is 12.3. The predicted octanol–water partition coefficient (Wildman–Crippen LogP) is 4.78. The molecule has 22 heavy (non-hydrogen) atoms. The highest BCUT2D eigenvalue weighted by Crippen LogP contribution is 2.33. The van der Waals surface area contributed by atoms with Crippen LogP contribution in [0, 0.1) is 0 Å². The Morgan fingerprint density at radius 2 is 1.05 bits per heavy atom. The molecule has 3 aromatic rings. The van der Waals surface area contributed by atoms with Gasteiger partial charge in [-0.05, 0) is 29.8 Å². The van der Waals surface area contributed by atoms with E-state index in [0.717, 1.165) is 22.6 Å². The maximum absolute atomic E-state index is 5.98. The van der Waals surface area contributed by atoms with Crippen LogP contribution in [0.1, 0.15) is 5.56 Å². The zero-order chi connectivity index (χ0) is 15.2. The number of hydrogen-bond donors (Lipinski definition) is 1. The Bertz CT molecular complexity index is 695. The first-order valence-electron chi connectivity index (χ1n) is 7.27. The second-order valence-electron chi connectivity index (χ2n) is 4.92. The molecule has 2 N–H and O–H groups in total. The molecule has 0 aliphatic rings. The SMILES string of the molecule is NC=C(c1ccccc1)N(c1ccccc1)c1ccccc1. The van der Waals surface area contributed by atoms with E-state index in [9.17, 15) is 0 Å². The highest BCUT2D eigenvalue weighted by molar-refractivity contribution is 5.87. The minimum absolute atomic E-state index is 0.956. The first kappa shape index (κ1) is 14.0. The quantitative estimate of drug-likeness (QED) is 0.747. The minimum atomic E-state index is 0.956. The van der Waals surface area contributed by atoms with Gasteiger partial charge in [0.05, 0.1) is 5.70 Å². The van der Waals surface area contributed by atoms with Crippen molar-refractivity contribution in [2.75, 3.05) is 4.90 Å². The third-order valence-corrected chi connectivity index (χ3v) is 3.50. The van der Waals surface area contributed by atoms with Crippen molar-refractivity contribution in [1.82, 2.24) is 0 Å². The van der Waals surface area contributed by atoms with E-state index in [1.165, 1.54) is 0 Å². The van der Waals surface area contributed by atoms with Crippen LogP contribution in [-0.2, 0) is 0 Å². The molecular weight excluding hydrogens is 268 g/mol. The third kappa shape index (κ3) is 2.86. The van der Waals surface area contributed by atoms with Crippen molar-refractivity contribution >= 4 is 17.1 Å². The van der Waals surface area contributed by atoms with E-state index in [1.54, 1.807) is 6.20 Å². The van der Waals surface area contributed by atoms with Crippen LogP contribution in [0.5, 0.6) is 0 Å². The molecule has 0 aliphatic carbocycles. The van der Waals surface area contributed by atoms with Crippen LogP contribution in [-0.4, -0.2) is 0 Å². The first-order valence-corrected chi connectivity index (χ1v) is 7.27. The number of hydrogen-bond acceptors (Lipinski definition) is 2. The smallest absolute Gasteiger partial charge is 0.0688 e. The Hall–Kier alpha value is -3.00. The van der Waals surface area contributed by atoms with E-state index in [-0.39, 0.29) is 0 Å². The molecule has 2 nitrogen and oxygen atoms in total. The Morgan fingerprint density at radius 3 is 1.45 bits per heavy atom. The molecule has 0 saturated heterocycles. The summed E-state index contributed by atoms with van der Waals surface area (Å²) in [7, 11) is 0. The Balaban J connectivity index is 2.14. The summed E-state index contributed by atoms with van der Waals surface area (Å²) in [6.07, 6.45) is 1.66. The van der Waals surface area contributed by atoms with E-state index in [1.807, 2.05) is 54.6 Å². The van der Waals surface area contributed by atoms with Crippen molar-refractivity contribution < 1.29 is 0 Å². The van der Waals surface area contributed by atoms with E-state index < -0.39 is 0 Å². The molecule has 0 aromatic heterocycles. The number of anilines is 2. The van der Waals surface area contributed by atoms with Gasteiger partial charge in [-0.3, -0.25) is 0 Å². The van der Waals surface area contributed by atoms with Gasteiger partial charge in [-0.25, -0.2) is 0 Å². The van der Waals surface area contributed by atoms with Gasteiger partial charge in [0.25, 0.3) is 0 Å². The molecule has 2 heteroatoms.